The van der Waals surface area contributed by atoms with Crippen LogP contribution in [0.2, 0.25) is 0 Å². The summed E-state index contributed by atoms with van der Waals surface area (Å²) in [5.41, 5.74) is 1.44. The molecule has 0 radical (unpaired) electrons. The zero-order chi connectivity index (χ0) is 19.9. The Hall–Kier alpha value is -2.17. The van der Waals surface area contributed by atoms with Gasteiger partial charge in [0.1, 0.15) is 12.4 Å². The van der Waals surface area contributed by atoms with Crippen molar-refractivity contribution < 1.29 is 4.92 Å². The van der Waals surface area contributed by atoms with Crippen LogP contribution in [0.15, 0.2) is 47.7 Å². The van der Waals surface area contributed by atoms with Gasteiger partial charge in [-0.25, -0.2) is 0 Å². The molecular weight excluding hydrogens is 483 g/mol. The highest BCUT2D eigenvalue weighted by Gasteiger charge is 2.30. The van der Waals surface area contributed by atoms with Crippen LogP contribution in [0.1, 0.15) is 31.2 Å². The number of guanidine groups is 1. The second-order valence-corrected chi connectivity index (χ2v) is 7.11. The standard InChI is InChI=1S/C20H28N6O2.HI/c1-3-16-14-24(11-9-19(16)17-7-5-4-6-8-17)20(21-2)22-10-12-25-15-18(13-23-25)26(27)28;/h4-8,13,15-16,19H,3,9-12,14H2,1-2H3,(H,21,22);1H. The fourth-order valence-electron chi connectivity index (χ4n) is 3.96. The number of aromatic nitrogens is 2. The van der Waals surface area contributed by atoms with E-state index in [1.807, 2.05) is 0 Å². The average Bonchev–Trinajstić information content (AvgIpc) is 3.21. The minimum Gasteiger partial charge on any atom is -0.354 e. The average molecular weight is 512 g/mol. The lowest BCUT2D eigenvalue weighted by molar-refractivity contribution is -0.385. The Kier molecular flexibility index (Phi) is 8.87. The molecule has 0 aliphatic carbocycles. The topological polar surface area (TPSA) is 88.6 Å². The molecule has 0 spiro atoms. The van der Waals surface area contributed by atoms with Gasteiger partial charge >= 0.3 is 5.69 Å². The van der Waals surface area contributed by atoms with Gasteiger partial charge < -0.3 is 10.2 Å². The third-order valence-corrected chi connectivity index (χ3v) is 5.45. The van der Waals surface area contributed by atoms with E-state index < -0.39 is 4.92 Å². The SMILES string of the molecule is CCC1CN(C(=NC)NCCn2cc([N+](=O)[O-])cn2)CCC1c1ccccc1.I. The van der Waals surface area contributed by atoms with Crippen LogP contribution in [0.5, 0.6) is 0 Å². The molecule has 1 fully saturated rings. The number of nitrogens with zero attached hydrogens (tertiary/aromatic N) is 5. The van der Waals surface area contributed by atoms with E-state index in [2.05, 4.69) is 57.6 Å². The summed E-state index contributed by atoms with van der Waals surface area (Å²) in [5.74, 6) is 2.06. The predicted molar refractivity (Wildman–Crippen MR) is 125 cm³/mol. The third-order valence-electron chi connectivity index (χ3n) is 5.45. The van der Waals surface area contributed by atoms with E-state index in [-0.39, 0.29) is 29.7 Å². The van der Waals surface area contributed by atoms with E-state index in [1.165, 1.54) is 18.0 Å². The second-order valence-electron chi connectivity index (χ2n) is 7.11. The van der Waals surface area contributed by atoms with Crippen LogP contribution in [-0.4, -0.2) is 52.2 Å². The Morgan fingerprint density at radius 1 is 1.38 bits per heavy atom. The summed E-state index contributed by atoms with van der Waals surface area (Å²) >= 11 is 0. The van der Waals surface area contributed by atoms with Crippen molar-refractivity contribution in [3.8, 4) is 0 Å². The van der Waals surface area contributed by atoms with Crippen LogP contribution in [-0.2, 0) is 6.54 Å². The summed E-state index contributed by atoms with van der Waals surface area (Å²) in [5, 5.41) is 18.1. The Bertz CT molecular complexity index is 810. The van der Waals surface area contributed by atoms with Crippen molar-refractivity contribution in [2.75, 3.05) is 26.7 Å². The van der Waals surface area contributed by atoms with Crippen molar-refractivity contribution in [1.29, 1.82) is 0 Å². The highest BCUT2D eigenvalue weighted by molar-refractivity contribution is 14.0. The first-order chi connectivity index (χ1) is 13.6. The Morgan fingerprint density at radius 3 is 2.76 bits per heavy atom. The summed E-state index contributed by atoms with van der Waals surface area (Å²) in [7, 11) is 1.80. The lowest BCUT2D eigenvalue weighted by Gasteiger charge is -2.40. The van der Waals surface area contributed by atoms with Gasteiger partial charge in [-0.15, -0.1) is 24.0 Å². The van der Waals surface area contributed by atoms with E-state index in [0.29, 0.717) is 24.9 Å². The first-order valence-corrected chi connectivity index (χ1v) is 9.79. The molecule has 1 aliphatic heterocycles. The molecule has 1 aromatic carbocycles. The van der Waals surface area contributed by atoms with Gasteiger partial charge in [0.05, 0.1) is 11.5 Å². The van der Waals surface area contributed by atoms with Crippen LogP contribution >= 0.6 is 24.0 Å². The molecule has 1 aromatic heterocycles. The number of nitro groups is 1. The zero-order valence-corrected chi connectivity index (χ0v) is 19.2. The van der Waals surface area contributed by atoms with Gasteiger partial charge in [0.2, 0.25) is 0 Å². The van der Waals surface area contributed by atoms with Gasteiger partial charge in [-0.2, -0.15) is 5.10 Å². The number of aliphatic imine (C=N–C) groups is 1. The number of benzene rings is 1. The van der Waals surface area contributed by atoms with Gasteiger partial charge in [-0.1, -0.05) is 43.7 Å². The molecule has 2 heterocycles. The highest BCUT2D eigenvalue weighted by atomic mass is 127. The summed E-state index contributed by atoms with van der Waals surface area (Å²) in [4.78, 5) is 17.1. The molecular formula is C20H29IN6O2. The fourth-order valence-corrected chi connectivity index (χ4v) is 3.96. The van der Waals surface area contributed by atoms with Crippen molar-refractivity contribution in [2.45, 2.75) is 32.2 Å². The van der Waals surface area contributed by atoms with Crippen molar-refractivity contribution in [1.82, 2.24) is 20.0 Å². The second kappa shape index (κ2) is 11.1. The molecule has 2 atom stereocenters. The Morgan fingerprint density at radius 2 is 2.14 bits per heavy atom. The lowest BCUT2D eigenvalue weighted by atomic mass is 9.79. The monoisotopic (exact) mass is 512 g/mol. The van der Waals surface area contributed by atoms with E-state index in [0.717, 1.165) is 31.9 Å². The molecule has 9 heteroatoms. The summed E-state index contributed by atoms with van der Waals surface area (Å²) in [6, 6.07) is 10.8. The molecule has 8 nitrogen and oxygen atoms in total. The summed E-state index contributed by atoms with van der Waals surface area (Å²) in [6.45, 7) is 5.35. The number of nitrogens with one attached hydrogen (secondary N) is 1. The molecule has 0 saturated carbocycles. The molecule has 1 N–H and O–H groups in total. The first kappa shape index (κ1) is 23.1. The number of hydrogen-bond donors (Lipinski definition) is 1. The summed E-state index contributed by atoms with van der Waals surface area (Å²) in [6.07, 6.45) is 4.95. The van der Waals surface area contributed by atoms with Crippen molar-refractivity contribution in [2.24, 2.45) is 10.9 Å². The minimum atomic E-state index is -0.433. The van der Waals surface area contributed by atoms with Crippen LogP contribution < -0.4 is 5.32 Å². The molecule has 3 rings (SSSR count). The van der Waals surface area contributed by atoms with Gasteiger partial charge in [0.25, 0.3) is 0 Å². The predicted octanol–water partition coefficient (Wildman–Crippen LogP) is 3.50. The van der Waals surface area contributed by atoms with Crippen molar-refractivity contribution in [3.63, 3.8) is 0 Å². The number of piperidine rings is 1. The molecule has 0 bridgehead atoms. The first-order valence-electron chi connectivity index (χ1n) is 9.79. The molecule has 2 unspecified atom stereocenters. The quantitative estimate of drug-likeness (QED) is 0.211. The molecule has 0 amide bonds. The Balaban J connectivity index is 0.00000300. The molecule has 158 valence electrons. The normalized spacial score (nSPS) is 19.5. The van der Waals surface area contributed by atoms with Gasteiger partial charge in [-0.3, -0.25) is 19.8 Å². The number of likely N-dealkylation sites (tertiary alicyclic amines) is 1. The van der Waals surface area contributed by atoms with Gasteiger partial charge in [0, 0.05) is 26.7 Å². The van der Waals surface area contributed by atoms with Gasteiger partial charge in [-0.05, 0) is 23.8 Å². The van der Waals surface area contributed by atoms with E-state index >= 15 is 0 Å². The molecule has 2 aromatic rings. The summed E-state index contributed by atoms with van der Waals surface area (Å²) < 4.78 is 1.58. The molecule has 1 saturated heterocycles. The van der Waals surface area contributed by atoms with E-state index in [1.54, 1.807) is 11.7 Å². The van der Waals surface area contributed by atoms with E-state index in [4.69, 9.17) is 0 Å². The van der Waals surface area contributed by atoms with Crippen LogP contribution in [0, 0.1) is 16.0 Å². The largest absolute Gasteiger partial charge is 0.354 e. The third kappa shape index (κ3) is 5.91. The molecule has 1 aliphatic rings. The zero-order valence-electron chi connectivity index (χ0n) is 16.9. The highest BCUT2D eigenvalue weighted by Crippen LogP contribution is 2.34. The lowest BCUT2D eigenvalue weighted by Crippen LogP contribution is -2.49. The van der Waals surface area contributed by atoms with E-state index in [9.17, 15) is 10.1 Å². The minimum absolute atomic E-state index is 0. The number of hydrogen-bond acceptors (Lipinski definition) is 4. The maximum Gasteiger partial charge on any atom is 0.306 e. The Labute approximate surface area is 188 Å². The maximum absolute atomic E-state index is 10.7. The van der Waals surface area contributed by atoms with Crippen molar-refractivity contribution in [3.05, 3.63) is 58.4 Å². The van der Waals surface area contributed by atoms with Crippen molar-refractivity contribution >= 4 is 35.6 Å². The fraction of sp³-hybridized carbons (Fsp3) is 0.500. The van der Waals surface area contributed by atoms with Crippen LogP contribution in [0.25, 0.3) is 0 Å². The van der Waals surface area contributed by atoms with Gasteiger partial charge in [0.15, 0.2) is 5.96 Å². The molecule has 29 heavy (non-hydrogen) atoms. The number of rotatable bonds is 6. The smallest absolute Gasteiger partial charge is 0.306 e. The van der Waals surface area contributed by atoms with Crippen LogP contribution in [0.4, 0.5) is 5.69 Å². The maximum atomic E-state index is 10.7. The number of halogens is 1. The van der Waals surface area contributed by atoms with Crippen LogP contribution in [0.3, 0.4) is 0 Å².